The van der Waals surface area contributed by atoms with Gasteiger partial charge in [-0.3, -0.25) is 0 Å². The van der Waals surface area contributed by atoms with Crippen molar-refractivity contribution in [3.8, 4) is 0 Å². The molecule has 0 heterocycles. The minimum Gasteiger partial charge on any atom is -0.310 e. The number of allylic oxidation sites excluding steroid dienone is 1. The maximum Gasteiger partial charge on any atom is 0.0250 e. The minimum atomic E-state index is 0.679. The summed E-state index contributed by atoms with van der Waals surface area (Å²) in [5.41, 5.74) is 0. The summed E-state index contributed by atoms with van der Waals surface area (Å²) in [5.74, 6) is 1.94. The summed E-state index contributed by atoms with van der Waals surface area (Å²) in [7, 11) is 0. The molecule has 2 aliphatic carbocycles. The summed E-state index contributed by atoms with van der Waals surface area (Å²) < 4.78 is 0. The second-order valence-corrected chi connectivity index (χ2v) is 5.50. The lowest BCUT2D eigenvalue weighted by Gasteiger charge is -2.28. The molecule has 2 rings (SSSR count). The molecule has 0 aromatic rings. The first-order valence-corrected chi connectivity index (χ1v) is 6.74. The standard InChI is InChI=1S/C14H25N/c1-12-7-9-13(10-8-12)11-15-14-5-3-2-4-6-14/h3,5,12-15H,2,4,6-11H2,1H3. The Labute approximate surface area is 94.3 Å². The average molecular weight is 207 g/mol. The Bertz CT molecular complexity index is 201. The molecule has 1 N–H and O–H groups in total. The largest absolute Gasteiger partial charge is 0.310 e. The summed E-state index contributed by atoms with van der Waals surface area (Å²) in [6, 6.07) is 0.679. The van der Waals surface area contributed by atoms with Crippen LogP contribution in [0.5, 0.6) is 0 Å². The molecule has 1 fully saturated rings. The van der Waals surface area contributed by atoms with Gasteiger partial charge >= 0.3 is 0 Å². The fourth-order valence-corrected chi connectivity index (χ4v) is 2.83. The molecule has 86 valence electrons. The predicted octanol–water partition coefficient (Wildman–Crippen LogP) is 3.51. The van der Waals surface area contributed by atoms with E-state index >= 15 is 0 Å². The van der Waals surface area contributed by atoms with Crippen LogP contribution in [0.4, 0.5) is 0 Å². The highest BCUT2D eigenvalue weighted by Gasteiger charge is 2.18. The fraction of sp³-hybridized carbons (Fsp3) is 0.857. The van der Waals surface area contributed by atoms with Crippen molar-refractivity contribution in [3.63, 3.8) is 0 Å². The first-order chi connectivity index (χ1) is 7.34. The van der Waals surface area contributed by atoms with Crippen LogP contribution >= 0.6 is 0 Å². The molecular weight excluding hydrogens is 182 g/mol. The highest BCUT2D eigenvalue weighted by molar-refractivity contribution is 4.97. The van der Waals surface area contributed by atoms with E-state index in [0.717, 1.165) is 11.8 Å². The Morgan fingerprint density at radius 3 is 2.60 bits per heavy atom. The van der Waals surface area contributed by atoms with Gasteiger partial charge in [-0.2, -0.15) is 0 Å². The van der Waals surface area contributed by atoms with Crippen molar-refractivity contribution < 1.29 is 0 Å². The zero-order valence-corrected chi connectivity index (χ0v) is 10.0. The Morgan fingerprint density at radius 1 is 1.13 bits per heavy atom. The molecule has 0 bridgehead atoms. The average Bonchev–Trinajstić information content (AvgIpc) is 2.30. The van der Waals surface area contributed by atoms with Gasteiger partial charge in [-0.1, -0.05) is 31.9 Å². The second kappa shape index (κ2) is 5.69. The maximum absolute atomic E-state index is 3.72. The Kier molecular flexibility index (Phi) is 4.25. The van der Waals surface area contributed by atoms with Crippen molar-refractivity contribution in [2.45, 2.75) is 57.9 Å². The summed E-state index contributed by atoms with van der Waals surface area (Å²) in [6.45, 7) is 3.65. The lowest BCUT2D eigenvalue weighted by molar-refractivity contribution is 0.276. The molecule has 1 heteroatoms. The highest BCUT2D eigenvalue weighted by atomic mass is 14.9. The molecule has 0 amide bonds. The molecule has 15 heavy (non-hydrogen) atoms. The van der Waals surface area contributed by atoms with E-state index in [-0.39, 0.29) is 0 Å². The van der Waals surface area contributed by atoms with E-state index in [1.54, 1.807) is 0 Å². The van der Waals surface area contributed by atoms with Gasteiger partial charge in [0.2, 0.25) is 0 Å². The molecule has 1 saturated carbocycles. The molecule has 0 saturated heterocycles. The van der Waals surface area contributed by atoms with Crippen molar-refractivity contribution in [3.05, 3.63) is 12.2 Å². The van der Waals surface area contributed by atoms with Crippen LogP contribution in [0.1, 0.15) is 51.9 Å². The number of nitrogens with one attached hydrogen (secondary N) is 1. The molecular formula is C14H25N. The van der Waals surface area contributed by atoms with Crippen LogP contribution in [-0.4, -0.2) is 12.6 Å². The molecule has 0 spiro atoms. The van der Waals surface area contributed by atoms with Gasteiger partial charge in [0.25, 0.3) is 0 Å². The molecule has 0 radical (unpaired) electrons. The minimum absolute atomic E-state index is 0.679. The fourth-order valence-electron chi connectivity index (χ4n) is 2.83. The van der Waals surface area contributed by atoms with E-state index in [9.17, 15) is 0 Å². The first-order valence-electron chi connectivity index (χ1n) is 6.74. The van der Waals surface area contributed by atoms with Crippen LogP contribution in [0, 0.1) is 11.8 Å². The second-order valence-electron chi connectivity index (χ2n) is 5.50. The summed E-state index contributed by atoms with van der Waals surface area (Å²) in [6.07, 6.45) is 14.5. The molecule has 0 aliphatic heterocycles. The van der Waals surface area contributed by atoms with Crippen LogP contribution in [0.3, 0.4) is 0 Å². The third kappa shape index (κ3) is 3.64. The maximum atomic E-state index is 3.72. The zero-order valence-electron chi connectivity index (χ0n) is 10.0. The predicted molar refractivity (Wildman–Crippen MR) is 65.9 cm³/mol. The van der Waals surface area contributed by atoms with Crippen LogP contribution in [0.15, 0.2) is 12.2 Å². The van der Waals surface area contributed by atoms with Gasteiger partial charge in [0.05, 0.1) is 0 Å². The Morgan fingerprint density at radius 2 is 1.93 bits per heavy atom. The van der Waals surface area contributed by atoms with Crippen molar-refractivity contribution in [2.75, 3.05) is 6.54 Å². The normalized spacial score (nSPS) is 36.7. The summed E-state index contributed by atoms with van der Waals surface area (Å²) >= 11 is 0. The molecule has 0 aromatic heterocycles. The lowest BCUT2D eigenvalue weighted by Crippen LogP contribution is -2.34. The number of rotatable bonds is 3. The van der Waals surface area contributed by atoms with Crippen LogP contribution in [0.2, 0.25) is 0 Å². The number of hydrogen-bond donors (Lipinski definition) is 1. The third-order valence-corrected chi connectivity index (χ3v) is 4.06. The highest BCUT2D eigenvalue weighted by Crippen LogP contribution is 2.27. The SMILES string of the molecule is CC1CCC(CNC2C=CCCC2)CC1. The Balaban J connectivity index is 1.64. The monoisotopic (exact) mass is 207 g/mol. The number of hydrogen-bond acceptors (Lipinski definition) is 1. The van der Waals surface area contributed by atoms with E-state index in [2.05, 4.69) is 24.4 Å². The van der Waals surface area contributed by atoms with Crippen molar-refractivity contribution in [1.82, 2.24) is 5.32 Å². The van der Waals surface area contributed by atoms with Crippen molar-refractivity contribution >= 4 is 0 Å². The third-order valence-electron chi connectivity index (χ3n) is 4.06. The molecule has 1 nitrogen and oxygen atoms in total. The van der Waals surface area contributed by atoms with E-state index < -0.39 is 0 Å². The lowest BCUT2D eigenvalue weighted by atomic mass is 9.83. The molecule has 1 unspecified atom stereocenters. The van der Waals surface area contributed by atoms with Gasteiger partial charge in [0.15, 0.2) is 0 Å². The first kappa shape index (κ1) is 11.2. The van der Waals surface area contributed by atoms with Gasteiger partial charge in [0, 0.05) is 6.04 Å². The smallest absolute Gasteiger partial charge is 0.0250 e. The zero-order chi connectivity index (χ0) is 10.5. The van der Waals surface area contributed by atoms with Crippen molar-refractivity contribution in [1.29, 1.82) is 0 Å². The summed E-state index contributed by atoms with van der Waals surface area (Å²) in [5, 5.41) is 3.72. The molecule has 0 aromatic carbocycles. The molecule has 1 atom stereocenters. The molecule has 2 aliphatic rings. The van der Waals surface area contributed by atoms with Gasteiger partial charge < -0.3 is 5.32 Å². The van der Waals surface area contributed by atoms with Gasteiger partial charge in [0.1, 0.15) is 0 Å². The Hall–Kier alpha value is -0.300. The van der Waals surface area contributed by atoms with Crippen LogP contribution < -0.4 is 5.32 Å². The van der Waals surface area contributed by atoms with Crippen LogP contribution in [-0.2, 0) is 0 Å². The van der Waals surface area contributed by atoms with Crippen LogP contribution in [0.25, 0.3) is 0 Å². The van der Waals surface area contributed by atoms with Gasteiger partial charge in [-0.05, 0) is 50.5 Å². The topological polar surface area (TPSA) is 12.0 Å². The van der Waals surface area contributed by atoms with E-state index in [1.165, 1.54) is 51.5 Å². The van der Waals surface area contributed by atoms with E-state index in [4.69, 9.17) is 0 Å². The quantitative estimate of drug-likeness (QED) is 0.698. The van der Waals surface area contributed by atoms with Gasteiger partial charge in [-0.15, -0.1) is 0 Å². The van der Waals surface area contributed by atoms with Crippen molar-refractivity contribution in [2.24, 2.45) is 11.8 Å². The summed E-state index contributed by atoms with van der Waals surface area (Å²) in [4.78, 5) is 0. The van der Waals surface area contributed by atoms with E-state index in [1.807, 2.05) is 0 Å². The van der Waals surface area contributed by atoms with Gasteiger partial charge in [-0.25, -0.2) is 0 Å². The van der Waals surface area contributed by atoms with E-state index in [0.29, 0.717) is 6.04 Å².